The summed E-state index contributed by atoms with van der Waals surface area (Å²) in [5.41, 5.74) is 0.607. The Morgan fingerprint density at radius 1 is 0.750 bits per heavy atom. The summed E-state index contributed by atoms with van der Waals surface area (Å²) in [5.74, 6) is 0.173. The van der Waals surface area contributed by atoms with E-state index in [0.717, 1.165) is 5.56 Å². The highest BCUT2D eigenvalue weighted by atomic mass is 16.5. The molecule has 2 aliphatic carbocycles. The quantitative estimate of drug-likeness (QED) is 0.347. The molecule has 28 heavy (non-hydrogen) atoms. The zero-order chi connectivity index (χ0) is 27.4. The Bertz CT molecular complexity index is 1670. The number of hydrogen-bond acceptors (Lipinski definition) is 1. The molecule has 0 radical (unpaired) electrons. The van der Waals surface area contributed by atoms with E-state index >= 15 is 0 Å². The summed E-state index contributed by atoms with van der Waals surface area (Å²) in [5, 5.41) is 0. The summed E-state index contributed by atoms with van der Waals surface area (Å²) in [6.45, 7) is 0. The van der Waals surface area contributed by atoms with Gasteiger partial charge in [0.15, 0.2) is 0 Å². The third-order valence-electron chi connectivity index (χ3n) is 5.71. The molecule has 0 aliphatic heterocycles. The molecule has 0 fully saturated rings. The Morgan fingerprint density at radius 2 is 1.43 bits per heavy atom. The van der Waals surface area contributed by atoms with Crippen molar-refractivity contribution in [1.82, 2.24) is 0 Å². The van der Waals surface area contributed by atoms with Gasteiger partial charge in [0.05, 0.1) is 26.2 Å². The van der Waals surface area contributed by atoms with Gasteiger partial charge in [0.25, 0.3) is 0 Å². The van der Waals surface area contributed by atoms with Gasteiger partial charge in [-0.2, -0.15) is 0 Å². The first-order valence-corrected chi connectivity index (χ1v) is 8.97. The Morgan fingerprint density at radius 3 is 2.14 bits per heavy atom. The lowest BCUT2D eigenvalue weighted by Crippen LogP contribution is -2.34. The first-order chi connectivity index (χ1) is 18.0. The van der Waals surface area contributed by atoms with Gasteiger partial charge in [-0.05, 0) is 63.0 Å². The first-order valence-electron chi connectivity index (χ1n) is 14.0. The molecule has 0 N–H and O–H groups in total. The van der Waals surface area contributed by atoms with Crippen molar-refractivity contribution in [3.05, 3.63) is 124 Å². The predicted octanol–water partition coefficient (Wildman–Crippen LogP) is 5.96. The van der Waals surface area contributed by atoms with Crippen LogP contribution in [0.2, 0.25) is 0 Å². The average Bonchev–Trinajstić information content (AvgIpc) is 3.22. The normalized spacial score (nSPS) is 19.8. The van der Waals surface area contributed by atoms with Crippen LogP contribution in [0.15, 0.2) is 90.8 Å². The molecule has 0 heterocycles. The molecule has 0 unspecified atom stereocenters. The molecule has 6 rings (SSSR count). The summed E-state index contributed by atoms with van der Waals surface area (Å²) < 4.78 is 92.6. The van der Waals surface area contributed by atoms with Crippen LogP contribution in [0.3, 0.4) is 0 Å². The zero-order valence-corrected chi connectivity index (χ0v) is 15.0. The van der Waals surface area contributed by atoms with E-state index < -0.39 is 53.8 Å². The highest BCUT2D eigenvalue weighted by Crippen LogP contribution is 2.59. The lowest BCUT2D eigenvalue weighted by molar-refractivity contribution is 0.414. The molecule has 0 saturated carbocycles. The largest absolute Gasteiger partial charge is 0.497 e. The number of ether oxygens (including phenoxy) is 1. The van der Waals surface area contributed by atoms with E-state index in [9.17, 15) is 0 Å². The SMILES string of the molecule is [2H]c1c(OC)cc2c(c1[2H])C1(c3ccccc3C2)c2c([2H])c([2H])c([2H])c([2H])c2-c2c([2H])c([2H])c([2H])c([2H])c21. The van der Waals surface area contributed by atoms with E-state index in [0.29, 0.717) is 17.5 Å². The van der Waals surface area contributed by atoms with E-state index in [2.05, 4.69) is 0 Å². The summed E-state index contributed by atoms with van der Waals surface area (Å²) in [6, 6.07) is 4.74. The van der Waals surface area contributed by atoms with Crippen molar-refractivity contribution in [3.8, 4) is 16.9 Å². The Labute approximate surface area is 179 Å². The Kier molecular flexibility index (Phi) is 1.75. The van der Waals surface area contributed by atoms with Crippen molar-refractivity contribution in [2.45, 2.75) is 11.8 Å². The molecule has 4 aromatic rings. The molecule has 1 spiro atoms. The first kappa shape index (κ1) is 8.79. The molecule has 1 nitrogen and oxygen atoms in total. The average molecular weight is 371 g/mol. The van der Waals surface area contributed by atoms with Crippen molar-refractivity contribution >= 4 is 0 Å². The van der Waals surface area contributed by atoms with Crippen LogP contribution in [0.25, 0.3) is 11.1 Å². The van der Waals surface area contributed by atoms with Gasteiger partial charge in [-0.3, -0.25) is 0 Å². The second-order valence-electron chi connectivity index (χ2n) is 6.95. The van der Waals surface area contributed by atoms with Crippen molar-refractivity contribution in [1.29, 1.82) is 0 Å². The van der Waals surface area contributed by atoms with Crippen LogP contribution in [0.4, 0.5) is 0 Å². The second-order valence-corrected chi connectivity index (χ2v) is 6.95. The van der Waals surface area contributed by atoms with Crippen molar-refractivity contribution in [3.63, 3.8) is 0 Å². The third kappa shape index (κ3) is 1.81. The van der Waals surface area contributed by atoms with E-state index in [4.69, 9.17) is 18.4 Å². The standard InChI is InChI=1S/C27H20O/c1-28-20-14-15-24-19(17-20)16-18-8-2-5-11-23(18)27(24)25-12-6-3-9-21(25)22-10-4-7-13-26(22)27/h2-15,17H,16H2,1H3/i3D,4D,6D,7D,9D,10D,12D,13D,14D,15D. The Balaban J connectivity index is 2.00. The maximum absolute atomic E-state index is 9.12. The fourth-order valence-corrected chi connectivity index (χ4v) is 4.64. The summed E-state index contributed by atoms with van der Waals surface area (Å²) in [6.07, 6.45) is 0.344. The molecule has 0 atom stereocenters. The van der Waals surface area contributed by atoms with Crippen molar-refractivity contribution < 1.29 is 18.4 Å². The van der Waals surface area contributed by atoms with E-state index in [-0.39, 0.29) is 45.7 Å². The van der Waals surface area contributed by atoms with Crippen LogP contribution in [0.1, 0.15) is 47.1 Å². The summed E-state index contributed by atoms with van der Waals surface area (Å²) in [4.78, 5) is 0. The molecule has 2 aliphatic rings. The van der Waals surface area contributed by atoms with Crippen LogP contribution in [-0.4, -0.2) is 7.11 Å². The minimum atomic E-state index is -1.68. The highest BCUT2D eigenvalue weighted by molar-refractivity contribution is 5.87. The molecular formula is C27H20O. The van der Waals surface area contributed by atoms with E-state index in [1.165, 1.54) is 7.11 Å². The topological polar surface area (TPSA) is 9.23 Å². The molecule has 1 heteroatoms. The lowest BCUT2D eigenvalue weighted by atomic mass is 9.61. The lowest BCUT2D eigenvalue weighted by Gasteiger charge is -2.40. The summed E-state index contributed by atoms with van der Waals surface area (Å²) in [7, 11) is 1.40. The van der Waals surface area contributed by atoms with Gasteiger partial charge in [-0.1, -0.05) is 78.6 Å². The van der Waals surface area contributed by atoms with E-state index in [1.54, 1.807) is 18.2 Å². The fourth-order valence-electron chi connectivity index (χ4n) is 4.64. The molecule has 0 bridgehead atoms. The summed E-state index contributed by atoms with van der Waals surface area (Å²) >= 11 is 0. The van der Waals surface area contributed by atoms with Gasteiger partial charge < -0.3 is 4.74 Å². The Hall–Kier alpha value is -3.32. The van der Waals surface area contributed by atoms with Crippen molar-refractivity contribution in [2.24, 2.45) is 0 Å². The maximum atomic E-state index is 9.12. The predicted molar refractivity (Wildman–Crippen MR) is 113 cm³/mol. The van der Waals surface area contributed by atoms with Gasteiger partial charge in [0.1, 0.15) is 5.75 Å². The van der Waals surface area contributed by atoms with Gasteiger partial charge in [0, 0.05) is 0 Å². The van der Waals surface area contributed by atoms with Gasteiger partial charge >= 0.3 is 0 Å². The molecule has 0 amide bonds. The van der Waals surface area contributed by atoms with Gasteiger partial charge in [-0.15, -0.1) is 0 Å². The zero-order valence-electron chi connectivity index (χ0n) is 25.0. The van der Waals surface area contributed by atoms with Crippen molar-refractivity contribution in [2.75, 3.05) is 7.11 Å². The van der Waals surface area contributed by atoms with Crippen LogP contribution in [0, 0.1) is 0 Å². The fraction of sp³-hybridized carbons (Fsp3) is 0.111. The molecule has 134 valence electrons. The monoisotopic (exact) mass is 370 g/mol. The van der Waals surface area contributed by atoms with Crippen LogP contribution >= 0.6 is 0 Å². The minimum absolute atomic E-state index is 0.0117. The number of hydrogen-bond donors (Lipinski definition) is 0. The van der Waals surface area contributed by atoms with E-state index in [1.807, 2.05) is 12.1 Å². The molecular weight excluding hydrogens is 340 g/mol. The highest BCUT2D eigenvalue weighted by Gasteiger charge is 2.49. The smallest absolute Gasteiger partial charge is 0.119 e. The minimum Gasteiger partial charge on any atom is -0.497 e. The maximum Gasteiger partial charge on any atom is 0.119 e. The number of benzene rings is 4. The molecule has 4 aromatic carbocycles. The van der Waals surface area contributed by atoms with Crippen LogP contribution < -0.4 is 4.74 Å². The van der Waals surface area contributed by atoms with Crippen LogP contribution in [0.5, 0.6) is 5.75 Å². The number of fused-ring (bicyclic) bond motifs is 9. The molecule has 0 aromatic heterocycles. The van der Waals surface area contributed by atoms with Crippen LogP contribution in [-0.2, 0) is 11.8 Å². The van der Waals surface area contributed by atoms with Gasteiger partial charge in [-0.25, -0.2) is 0 Å². The number of methoxy groups -OCH3 is 1. The molecule has 0 saturated heterocycles. The number of rotatable bonds is 1. The second kappa shape index (κ2) is 5.59. The third-order valence-corrected chi connectivity index (χ3v) is 5.71. The van der Waals surface area contributed by atoms with Gasteiger partial charge in [0.2, 0.25) is 0 Å².